The first-order valence-corrected chi connectivity index (χ1v) is 8.34. The van der Waals surface area contributed by atoms with Gasteiger partial charge in [-0.2, -0.15) is 0 Å². The number of nitrogens with one attached hydrogen (secondary N) is 1. The van der Waals surface area contributed by atoms with Crippen LogP contribution in [0.4, 0.5) is 0 Å². The Morgan fingerprint density at radius 2 is 1.63 bits per heavy atom. The van der Waals surface area contributed by atoms with Gasteiger partial charge in [0, 0.05) is 6.42 Å². The molecule has 0 saturated carbocycles. The molecular weight excluding hydrogens is 236 g/mol. The predicted octanol–water partition coefficient (Wildman–Crippen LogP) is 2.91. The van der Waals surface area contributed by atoms with Crippen molar-refractivity contribution in [3.05, 3.63) is 0 Å². The summed E-state index contributed by atoms with van der Waals surface area (Å²) in [6.07, 6.45) is 13.6. The van der Waals surface area contributed by atoms with Gasteiger partial charge >= 0.3 is 0 Å². The number of aliphatic hydroxyl groups excluding tert-OH is 1. The molecule has 0 fully saturated rings. The lowest BCUT2D eigenvalue weighted by molar-refractivity contribution is -0.521. The lowest BCUT2D eigenvalue weighted by atomic mass is 10.1. The van der Waals surface area contributed by atoms with Gasteiger partial charge in [0.05, 0.1) is 6.61 Å². The van der Waals surface area contributed by atoms with Gasteiger partial charge in [0.15, 0.2) is 0 Å². The summed E-state index contributed by atoms with van der Waals surface area (Å²) in [5.74, 6) is 1.36. The van der Waals surface area contributed by atoms with Gasteiger partial charge in [0.2, 0.25) is 5.84 Å². The Morgan fingerprint density at radius 1 is 1.00 bits per heavy atom. The Kier molecular flexibility index (Phi) is 9.78. The third-order valence-electron chi connectivity index (χ3n) is 3.98. The fraction of sp³-hybridized carbons (Fsp3) is 0.938. The zero-order valence-corrected chi connectivity index (χ0v) is 12.8. The van der Waals surface area contributed by atoms with Crippen molar-refractivity contribution < 1.29 is 9.68 Å². The molecule has 3 nitrogen and oxygen atoms in total. The van der Waals surface area contributed by atoms with Crippen LogP contribution < -0.4 is 5.32 Å². The smallest absolute Gasteiger partial charge is 0.245 e. The van der Waals surface area contributed by atoms with Crippen LogP contribution in [-0.2, 0) is 0 Å². The van der Waals surface area contributed by atoms with Crippen molar-refractivity contribution in [2.45, 2.75) is 71.1 Å². The first-order chi connectivity index (χ1) is 9.38. The number of β-amino-alcohol motifs (C(OH)–C–C–N with tert-alkyl or cyclic N) is 1. The van der Waals surface area contributed by atoms with E-state index in [-0.39, 0.29) is 6.61 Å². The van der Waals surface area contributed by atoms with Crippen LogP contribution in [0.2, 0.25) is 0 Å². The van der Waals surface area contributed by atoms with Crippen LogP contribution in [0.5, 0.6) is 0 Å². The average Bonchev–Trinajstić information content (AvgIpc) is 2.85. The molecule has 1 aliphatic rings. The van der Waals surface area contributed by atoms with Crippen LogP contribution in [-0.4, -0.2) is 41.8 Å². The topological polar surface area (TPSA) is 35.3 Å². The maximum Gasteiger partial charge on any atom is 0.245 e. The van der Waals surface area contributed by atoms with Crippen LogP contribution in [0.25, 0.3) is 0 Å². The summed E-state index contributed by atoms with van der Waals surface area (Å²) >= 11 is 0. The van der Waals surface area contributed by atoms with E-state index in [4.69, 9.17) is 5.11 Å². The fourth-order valence-corrected chi connectivity index (χ4v) is 2.80. The van der Waals surface area contributed by atoms with Crippen molar-refractivity contribution >= 4 is 5.84 Å². The molecular formula is C16H33N2O+. The first-order valence-electron chi connectivity index (χ1n) is 8.34. The van der Waals surface area contributed by atoms with Crippen LogP contribution in [0.3, 0.4) is 0 Å². The van der Waals surface area contributed by atoms with Crippen LogP contribution in [0, 0.1) is 0 Å². The zero-order chi connectivity index (χ0) is 13.8. The van der Waals surface area contributed by atoms with Crippen molar-refractivity contribution in [1.82, 2.24) is 5.32 Å². The molecule has 112 valence electrons. The number of rotatable bonds is 12. The van der Waals surface area contributed by atoms with E-state index in [0.29, 0.717) is 0 Å². The largest absolute Gasteiger partial charge is 0.392 e. The molecule has 0 spiro atoms. The van der Waals surface area contributed by atoms with E-state index in [1.54, 1.807) is 0 Å². The van der Waals surface area contributed by atoms with Crippen molar-refractivity contribution in [3.63, 3.8) is 0 Å². The third kappa shape index (κ3) is 7.56. The number of aliphatic hydroxyl groups is 1. The van der Waals surface area contributed by atoms with E-state index in [1.807, 2.05) is 0 Å². The van der Waals surface area contributed by atoms with Gasteiger partial charge in [-0.05, 0) is 6.42 Å². The van der Waals surface area contributed by atoms with Crippen LogP contribution >= 0.6 is 0 Å². The minimum Gasteiger partial charge on any atom is -0.392 e. The van der Waals surface area contributed by atoms with Gasteiger partial charge < -0.3 is 5.11 Å². The molecule has 19 heavy (non-hydrogen) atoms. The highest BCUT2D eigenvalue weighted by molar-refractivity contribution is 5.78. The number of hydrogen-bond acceptors (Lipinski definition) is 2. The van der Waals surface area contributed by atoms with Crippen LogP contribution in [0.15, 0.2) is 0 Å². The SMILES string of the molecule is CCCCCCCCCCCC1=[N+](CCO)CCN1. The van der Waals surface area contributed by atoms with E-state index in [9.17, 15) is 0 Å². The zero-order valence-electron chi connectivity index (χ0n) is 12.8. The molecule has 0 saturated heterocycles. The van der Waals surface area contributed by atoms with Crippen LogP contribution in [0.1, 0.15) is 71.1 Å². The van der Waals surface area contributed by atoms with Gasteiger partial charge in [-0.1, -0.05) is 58.3 Å². The molecule has 0 aromatic carbocycles. The highest BCUT2D eigenvalue weighted by Crippen LogP contribution is 2.10. The molecule has 1 rings (SSSR count). The van der Waals surface area contributed by atoms with Gasteiger partial charge in [0.1, 0.15) is 19.6 Å². The maximum absolute atomic E-state index is 8.99. The summed E-state index contributed by atoms with van der Waals surface area (Å²) in [5, 5.41) is 12.4. The summed E-state index contributed by atoms with van der Waals surface area (Å²) < 4.78 is 2.30. The third-order valence-corrected chi connectivity index (χ3v) is 3.98. The summed E-state index contributed by atoms with van der Waals surface area (Å²) in [6, 6.07) is 0. The molecule has 0 atom stereocenters. The molecule has 0 aromatic rings. The van der Waals surface area contributed by atoms with Crippen molar-refractivity contribution in [1.29, 1.82) is 0 Å². The Morgan fingerprint density at radius 3 is 2.26 bits per heavy atom. The van der Waals surface area contributed by atoms with E-state index in [0.717, 1.165) is 26.1 Å². The maximum atomic E-state index is 8.99. The molecule has 0 unspecified atom stereocenters. The molecule has 3 heteroatoms. The number of amidine groups is 1. The van der Waals surface area contributed by atoms with E-state index in [2.05, 4.69) is 16.8 Å². The summed E-state index contributed by atoms with van der Waals surface area (Å²) in [6.45, 7) is 5.44. The Labute approximate surface area is 119 Å². The van der Waals surface area contributed by atoms with E-state index < -0.39 is 0 Å². The molecule has 1 aliphatic heterocycles. The molecule has 0 aromatic heterocycles. The summed E-state index contributed by atoms with van der Waals surface area (Å²) in [7, 11) is 0. The van der Waals surface area contributed by atoms with Crippen molar-refractivity contribution in [2.24, 2.45) is 0 Å². The second-order valence-electron chi connectivity index (χ2n) is 5.66. The van der Waals surface area contributed by atoms with Gasteiger partial charge in [-0.25, -0.2) is 0 Å². The fourth-order valence-electron chi connectivity index (χ4n) is 2.80. The standard InChI is InChI=1S/C16H32N2O/c1-2-3-4-5-6-7-8-9-10-11-16-17-12-13-18(16)14-15-19/h19H,2-15H2,1H3/p+1. The Balaban J connectivity index is 1.94. The Hall–Kier alpha value is -0.570. The lowest BCUT2D eigenvalue weighted by Crippen LogP contribution is -2.24. The predicted molar refractivity (Wildman–Crippen MR) is 81.9 cm³/mol. The molecule has 2 N–H and O–H groups in total. The molecule has 0 amide bonds. The van der Waals surface area contributed by atoms with Gasteiger partial charge in [-0.3, -0.25) is 9.89 Å². The lowest BCUT2D eigenvalue weighted by Gasteiger charge is -2.03. The normalized spacial score (nSPS) is 15.1. The highest BCUT2D eigenvalue weighted by atomic mass is 16.3. The van der Waals surface area contributed by atoms with Gasteiger partial charge in [-0.15, -0.1) is 0 Å². The highest BCUT2D eigenvalue weighted by Gasteiger charge is 2.19. The molecule has 1 heterocycles. The van der Waals surface area contributed by atoms with Crippen molar-refractivity contribution in [3.8, 4) is 0 Å². The number of unbranched alkanes of at least 4 members (excludes halogenated alkanes) is 8. The second-order valence-corrected chi connectivity index (χ2v) is 5.66. The Bertz CT molecular complexity index is 251. The second kappa shape index (κ2) is 11.3. The molecule has 0 aliphatic carbocycles. The van der Waals surface area contributed by atoms with E-state index >= 15 is 0 Å². The summed E-state index contributed by atoms with van der Waals surface area (Å²) in [4.78, 5) is 0. The minimum absolute atomic E-state index is 0.267. The van der Waals surface area contributed by atoms with Gasteiger partial charge in [0.25, 0.3) is 0 Å². The minimum atomic E-state index is 0.267. The van der Waals surface area contributed by atoms with Crippen molar-refractivity contribution in [2.75, 3.05) is 26.2 Å². The number of hydrogen-bond donors (Lipinski definition) is 2. The number of nitrogens with zero attached hydrogens (tertiary/aromatic N) is 1. The summed E-state index contributed by atoms with van der Waals surface area (Å²) in [5.41, 5.74) is 0. The molecule has 0 bridgehead atoms. The molecule has 0 radical (unpaired) electrons. The van der Waals surface area contributed by atoms with E-state index in [1.165, 1.54) is 63.6 Å². The quantitative estimate of drug-likeness (QED) is 0.422. The average molecular weight is 269 g/mol. The first kappa shape index (κ1) is 16.5. The monoisotopic (exact) mass is 269 g/mol.